The number of hydrogen-bond acceptors (Lipinski definition) is 8. The van der Waals surface area contributed by atoms with E-state index in [2.05, 4.69) is 15.6 Å². The molecule has 2 N–H and O–H groups in total. The molecule has 30 heavy (non-hydrogen) atoms. The first-order chi connectivity index (χ1) is 14.5. The molecule has 0 radical (unpaired) electrons. The molecule has 158 valence electrons. The Bertz CT molecular complexity index is 992. The summed E-state index contributed by atoms with van der Waals surface area (Å²) in [7, 11) is 4.55. The second-order valence-corrected chi connectivity index (χ2v) is 7.84. The lowest BCUT2D eigenvalue weighted by Gasteiger charge is -2.14. The predicted molar refractivity (Wildman–Crippen MR) is 117 cm³/mol. The van der Waals surface area contributed by atoms with Crippen LogP contribution in [0.5, 0.6) is 17.2 Å². The highest BCUT2D eigenvalue weighted by Gasteiger charge is 2.15. The second kappa shape index (κ2) is 10.1. The van der Waals surface area contributed by atoms with Crippen LogP contribution in [-0.2, 0) is 11.2 Å². The topological polar surface area (TPSA) is 98.8 Å². The zero-order valence-electron chi connectivity index (χ0n) is 16.7. The normalized spacial score (nSPS) is 10.4. The Morgan fingerprint density at radius 2 is 1.77 bits per heavy atom. The molecule has 0 aliphatic carbocycles. The number of hydrogen-bond donors (Lipinski definition) is 2. The van der Waals surface area contributed by atoms with E-state index in [-0.39, 0.29) is 18.2 Å². The van der Waals surface area contributed by atoms with Crippen LogP contribution in [0.25, 0.3) is 0 Å². The van der Waals surface area contributed by atoms with Crippen molar-refractivity contribution in [1.29, 1.82) is 0 Å². The molecule has 1 aromatic carbocycles. The Kier molecular flexibility index (Phi) is 7.26. The lowest BCUT2D eigenvalue weighted by molar-refractivity contribution is -0.116. The number of thiazole rings is 1. The Labute approximate surface area is 181 Å². The number of anilines is 2. The van der Waals surface area contributed by atoms with Gasteiger partial charge in [0.15, 0.2) is 16.6 Å². The maximum atomic E-state index is 12.4. The summed E-state index contributed by atoms with van der Waals surface area (Å²) in [6.45, 7) is 0. The number of rotatable bonds is 9. The SMILES string of the molecule is COc1cc(NC(=O)CCc2csc(NC(=O)c3cccs3)n2)cc(OC)c1OC. The third-order valence-corrected chi connectivity index (χ3v) is 5.75. The van der Waals surface area contributed by atoms with Gasteiger partial charge in [0, 0.05) is 29.6 Å². The summed E-state index contributed by atoms with van der Waals surface area (Å²) in [6.07, 6.45) is 0.681. The summed E-state index contributed by atoms with van der Waals surface area (Å²) < 4.78 is 15.9. The van der Waals surface area contributed by atoms with Crippen molar-refractivity contribution >= 4 is 45.3 Å². The molecule has 2 heterocycles. The van der Waals surface area contributed by atoms with Crippen molar-refractivity contribution in [1.82, 2.24) is 4.98 Å². The van der Waals surface area contributed by atoms with Gasteiger partial charge < -0.3 is 19.5 Å². The number of thiophene rings is 1. The van der Waals surface area contributed by atoms with Crippen LogP contribution in [-0.4, -0.2) is 38.1 Å². The second-order valence-electron chi connectivity index (χ2n) is 6.04. The van der Waals surface area contributed by atoms with Gasteiger partial charge in [0.25, 0.3) is 5.91 Å². The fraction of sp³-hybridized carbons (Fsp3) is 0.250. The van der Waals surface area contributed by atoms with E-state index in [1.54, 1.807) is 18.2 Å². The molecule has 0 fully saturated rings. The predicted octanol–water partition coefficient (Wildman–Crippen LogP) is 4.05. The zero-order valence-corrected chi connectivity index (χ0v) is 18.3. The molecule has 3 aromatic rings. The Morgan fingerprint density at radius 3 is 2.37 bits per heavy atom. The van der Waals surface area contributed by atoms with Crippen molar-refractivity contribution in [3.8, 4) is 17.2 Å². The van der Waals surface area contributed by atoms with Gasteiger partial charge in [-0.25, -0.2) is 4.98 Å². The number of carbonyl (C=O) groups excluding carboxylic acids is 2. The van der Waals surface area contributed by atoms with Gasteiger partial charge >= 0.3 is 0 Å². The minimum Gasteiger partial charge on any atom is -0.493 e. The fourth-order valence-electron chi connectivity index (χ4n) is 2.66. The first-order valence-electron chi connectivity index (χ1n) is 8.93. The number of aromatic nitrogens is 1. The quantitative estimate of drug-likeness (QED) is 0.513. The summed E-state index contributed by atoms with van der Waals surface area (Å²) in [4.78, 5) is 29.4. The number of methoxy groups -OCH3 is 3. The van der Waals surface area contributed by atoms with Crippen molar-refractivity contribution in [3.05, 3.63) is 45.6 Å². The Balaban J connectivity index is 1.56. The molecule has 0 spiro atoms. The highest BCUT2D eigenvalue weighted by Crippen LogP contribution is 2.39. The lowest BCUT2D eigenvalue weighted by Crippen LogP contribution is -2.13. The van der Waals surface area contributed by atoms with Gasteiger partial charge in [-0.05, 0) is 17.9 Å². The minimum atomic E-state index is -0.189. The molecule has 0 aliphatic heterocycles. The van der Waals surface area contributed by atoms with Crippen molar-refractivity contribution in [2.45, 2.75) is 12.8 Å². The maximum Gasteiger partial charge on any atom is 0.267 e. The summed E-state index contributed by atoms with van der Waals surface area (Å²) in [5.74, 6) is 1.00. The highest BCUT2D eigenvalue weighted by molar-refractivity contribution is 7.14. The van der Waals surface area contributed by atoms with Crippen LogP contribution < -0.4 is 24.8 Å². The lowest BCUT2D eigenvalue weighted by atomic mass is 10.2. The molecule has 2 aromatic heterocycles. The van der Waals surface area contributed by atoms with Gasteiger partial charge in [0.2, 0.25) is 11.7 Å². The molecule has 2 amide bonds. The van der Waals surface area contributed by atoms with Gasteiger partial charge in [-0.3, -0.25) is 14.9 Å². The number of nitrogens with zero attached hydrogens (tertiary/aromatic N) is 1. The van der Waals surface area contributed by atoms with Crippen LogP contribution in [0.15, 0.2) is 35.0 Å². The molecule has 10 heteroatoms. The van der Waals surface area contributed by atoms with Crippen molar-refractivity contribution in [2.24, 2.45) is 0 Å². The zero-order chi connectivity index (χ0) is 21.5. The third kappa shape index (κ3) is 5.28. The van der Waals surface area contributed by atoms with E-state index in [0.717, 1.165) is 5.69 Å². The first-order valence-corrected chi connectivity index (χ1v) is 10.7. The number of aryl methyl sites for hydroxylation is 1. The minimum absolute atomic E-state index is 0.179. The molecule has 0 saturated carbocycles. The molecule has 8 nitrogen and oxygen atoms in total. The van der Waals surface area contributed by atoms with E-state index in [1.165, 1.54) is 44.0 Å². The molecule has 3 rings (SSSR count). The summed E-state index contributed by atoms with van der Waals surface area (Å²) in [5, 5.41) is 9.77. The molecule has 0 bridgehead atoms. The fourth-order valence-corrected chi connectivity index (χ4v) is 4.02. The summed E-state index contributed by atoms with van der Waals surface area (Å²) in [6, 6.07) is 6.90. The summed E-state index contributed by atoms with van der Waals surface area (Å²) in [5.41, 5.74) is 1.28. The van der Waals surface area contributed by atoms with Gasteiger partial charge in [0.05, 0.1) is 31.9 Å². The summed E-state index contributed by atoms with van der Waals surface area (Å²) >= 11 is 2.69. The number of amides is 2. The average Bonchev–Trinajstić information content (AvgIpc) is 3.43. The van der Waals surface area contributed by atoms with Crippen LogP contribution in [0.4, 0.5) is 10.8 Å². The molecule has 0 atom stereocenters. The Hall–Kier alpha value is -3.11. The van der Waals surface area contributed by atoms with E-state index in [4.69, 9.17) is 14.2 Å². The first kappa shape index (κ1) is 21.6. The van der Waals surface area contributed by atoms with Crippen LogP contribution in [0, 0.1) is 0 Å². The van der Waals surface area contributed by atoms with E-state index in [9.17, 15) is 9.59 Å². The van der Waals surface area contributed by atoms with E-state index >= 15 is 0 Å². The van der Waals surface area contributed by atoms with E-state index < -0.39 is 0 Å². The molecule has 0 aliphatic rings. The Morgan fingerprint density at radius 1 is 1.03 bits per heavy atom. The van der Waals surface area contributed by atoms with Gasteiger partial charge in [0.1, 0.15) is 0 Å². The number of nitrogens with one attached hydrogen (secondary N) is 2. The largest absolute Gasteiger partial charge is 0.493 e. The van der Waals surface area contributed by atoms with Crippen LogP contribution >= 0.6 is 22.7 Å². The van der Waals surface area contributed by atoms with Gasteiger partial charge in [-0.2, -0.15) is 0 Å². The standard InChI is InChI=1S/C20H21N3O5S2/c1-26-14-9-13(10-15(27-2)18(14)28-3)21-17(24)7-6-12-11-30-20(22-12)23-19(25)16-5-4-8-29-16/h4-5,8-11H,6-7H2,1-3H3,(H,21,24)(H,22,23,25). The molecule has 0 unspecified atom stereocenters. The molecular formula is C20H21N3O5S2. The van der Waals surface area contributed by atoms with Gasteiger partial charge in [-0.1, -0.05) is 6.07 Å². The monoisotopic (exact) mass is 447 g/mol. The van der Waals surface area contributed by atoms with Crippen molar-refractivity contribution < 1.29 is 23.8 Å². The van der Waals surface area contributed by atoms with Gasteiger partial charge in [-0.15, -0.1) is 22.7 Å². The van der Waals surface area contributed by atoms with Crippen molar-refractivity contribution in [3.63, 3.8) is 0 Å². The van der Waals surface area contributed by atoms with Crippen molar-refractivity contribution in [2.75, 3.05) is 32.0 Å². The highest BCUT2D eigenvalue weighted by atomic mass is 32.1. The number of carbonyl (C=O) groups is 2. The van der Waals surface area contributed by atoms with E-state index in [1.807, 2.05) is 16.8 Å². The smallest absolute Gasteiger partial charge is 0.267 e. The van der Waals surface area contributed by atoms with Crippen LogP contribution in [0.1, 0.15) is 21.8 Å². The third-order valence-electron chi connectivity index (χ3n) is 4.07. The molecule has 0 saturated heterocycles. The average molecular weight is 448 g/mol. The van der Waals surface area contributed by atoms with Crippen LogP contribution in [0.2, 0.25) is 0 Å². The number of benzene rings is 1. The van der Waals surface area contributed by atoms with Crippen LogP contribution in [0.3, 0.4) is 0 Å². The maximum absolute atomic E-state index is 12.4. The number of ether oxygens (including phenoxy) is 3. The van der Waals surface area contributed by atoms with E-state index in [0.29, 0.717) is 39.4 Å². The molecular weight excluding hydrogens is 426 g/mol.